The van der Waals surface area contributed by atoms with E-state index in [9.17, 15) is 13.2 Å². The van der Waals surface area contributed by atoms with Gasteiger partial charge in [-0.1, -0.05) is 6.92 Å². The molecule has 8 heteroatoms. The highest BCUT2D eigenvalue weighted by molar-refractivity contribution is 7.89. The van der Waals surface area contributed by atoms with E-state index in [0.29, 0.717) is 6.54 Å². The van der Waals surface area contributed by atoms with Crippen molar-refractivity contribution < 1.29 is 23.1 Å². The van der Waals surface area contributed by atoms with Gasteiger partial charge in [0.15, 0.2) is 0 Å². The van der Waals surface area contributed by atoms with Gasteiger partial charge in [-0.3, -0.25) is 4.79 Å². The van der Waals surface area contributed by atoms with E-state index >= 15 is 0 Å². The lowest BCUT2D eigenvalue weighted by molar-refractivity contribution is -0.129. The van der Waals surface area contributed by atoms with E-state index < -0.39 is 22.7 Å². The molecule has 0 aliphatic carbocycles. The Kier molecular flexibility index (Phi) is 6.00. The Bertz CT molecular complexity index is 370. The van der Waals surface area contributed by atoms with Crippen LogP contribution in [0, 0.1) is 0 Å². The Labute approximate surface area is 107 Å². The molecular formula is C10H20N2O5S. The van der Waals surface area contributed by atoms with Gasteiger partial charge in [0.05, 0.1) is 25.6 Å². The number of hydrogen-bond donors (Lipinski definition) is 2. The number of nitrogens with one attached hydrogen (secondary N) is 1. The molecule has 1 aliphatic heterocycles. The summed E-state index contributed by atoms with van der Waals surface area (Å²) in [4.78, 5) is 11.9. The van der Waals surface area contributed by atoms with E-state index in [1.165, 1.54) is 0 Å². The minimum atomic E-state index is -3.61. The molecule has 2 N–H and O–H groups in total. The predicted molar refractivity (Wildman–Crippen MR) is 65.5 cm³/mol. The largest absolute Gasteiger partial charge is 0.395 e. The fourth-order valence-corrected chi connectivity index (χ4v) is 3.09. The second-order valence-corrected chi connectivity index (χ2v) is 6.07. The second kappa shape index (κ2) is 7.03. The molecular weight excluding hydrogens is 260 g/mol. The molecule has 1 heterocycles. The van der Waals surface area contributed by atoms with Crippen LogP contribution in [-0.4, -0.2) is 68.4 Å². The van der Waals surface area contributed by atoms with Crippen molar-refractivity contribution in [3.63, 3.8) is 0 Å². The van der Waals surface area contributed by atoms with Crippen molar-refractivity contribution in [1.29, 1.82) is 0 Å². The van der Waals surface area contributed by atoms with E-state index in [0.717, 1.165) is 10.7 Å². The highest BCUT2D eigenvalue weighted by Crippen LogP contribution is 2.13. The van der Waals surface area contributed by atoms with Crippen molar-refractivity contribution in [3.05, 3.63) is 0 Å². The van der Waals surface area contributed by atoms with Crippen LogP contribution in [0.4, 0.5) is 0 Å². The first kappa shape index (κ1) is 15.4. The SMILES string of the molecule is CCCNC(=O)C1COCCN1S(=O)(=O)CCO. The van der Waals surface area contributed by atoms with Crippen LogP contribution in [0.2, 0.25) is 0 Å². The molecule has 0 bridgehead atoms. The topological polar surface area (TPSA) is 95.9 Å². The molecule has 18 heavy (non-hydrogen) atoms. The fraction of sp³-hybridized carbons (Fsp3) is 0.900. The van der Waals surface area contributed by atoms with Gasteiger partial charge in [-0.15, -0.1) is 0 Å². The lowest BCUT2D eigenvalue weighted by Crippen LogP contribution is -2.56. The van der Waals surface area contributed by atoms with Gasteiger partial charge in [-0.25, -0.2) is 8.42 Å². The van der Waals surface area contributed by atoms with Crippen LogP contribution in [-0.2, 0) is 19.6 Å². The lowest BCUT2D eigenvalue weighted by atomic mass is 10.2. The third-order valence-electron chi connectivity index (χ3n) is 2.64. The normalized spacial score (nSPS) is 21.8. The van der Waals surface area contributed by atoms with Crippen molar-refractivity contribution >= 4 is 15.9 Å². The molecule has 1 rings (SSSR count). The third kappa shape index (κ3) is 3.91. The van der Waals surface area contributed by atoms with Gasteiger partial charge in [0.25, 0.3) is 0 Å². The summed E-state index contributed by atoms with van der Waals surface area (Å²) in [5, 5.41) is 11.4. The van der Waals surface area contributed by atoms with Crippen molar-refractivity contribution in [1.82, 2.24) is 9.62 Å². The Hall–Kier alpha value is -0.700. The summed E-state index contributed by atoms with van der Waals surface area (Å²) in [5.74, 6) is -0.719. The Morgan fingerprint density at radius 2 is 2.28 bits per heavy atom. The van der Waals surface area contributed by atoms with Crippen LogP contribution in [0.25, 0.3) is 0 Å². The first-order valence-electron chi connectivity index (χ1n) is 5.98. The summed E-state index contributed by atoms with van der Waals surface area (Å²) in [7, 11) is -3.61. The number of sulfonamides is 1. The number of ether oxygens (including phenoxy) is 1. The number of amides is 1. The Morgan fingerprint density at radius 1 is 1.56 bits per heavy atom. The van der Waals surface area contributed by atoms with Crippen molar-refractivity contribution in [2.75, 3.05) is 38.7 Å². The van der Waals surface area contributed by atoms with Crippen molar-refractivity contribution in [2.45, 2.75) is 19.4 Å². The minimum Gasteiger partial charge on any atom is -0.395 e. The Balaban J connectivity index is 2.76. The molecule has 1 saturated heterocycles. The molecule has 1 fully saturated rings. The second-order valence-electron chi connectivity index (χ2n) is 4.03. The number of morpholine rings is 1. The summed E-state index contributed by atoms with van der Waals surface area (Å²) in [5.41, 5.74) is 0. The maximum Gasteiger partial charge on any atom is 0.240 e. The van der Waals surface area contributed by atoms with E-state index in [1.807, 2.05) is 6.92 Å². The van der Waals surface area contributed by atoms with E-state index in [1.54, 1.807) is 0 Å². The smallest absolute Gasteiger partial charge is 0.240 e. The van der Waals surface area contributed by atoms with Crippen LogP contribution < -0.4 is 5.32 Å². The van der Waals surface area contributed by atoms with Gasteiger partial charge in [-0.2, -0.15) is 4.31 Å². The molecule has 1 unspecified atom stereocenters. The zero-order valence-electron chi connectivity index (χ0n) is 10.5. The first-order valence-corrected chi connectivity index (χ1v) is 7.59. The van der Waals surface area contributed by atoms with Crippen LogP contribution in [0.5, 0.6) is 0 Å². The summed E-state index contributed by atoms with van der Waals surface area (Å²) in [6, 6.07) is -0.832. The zero-order valence-corrected chi connectivity index (χ0v) is 11.3. The molecule has 0 saturated carbocycles. The number of aliphatic hydroxyl groups excluding tert-OH is 1. The molecule has 0 radical (unpaired) electrons. The quantitative estimate of drug-likeness (QED) is 0.619. The van der Waals surface area contributed by atoms with Gasteiger partial charge in [0.1, 0.15) is 6.04 Å². The molecule has 1 atom stereocenters. The standard InChI is InChI=1S/C10H20N2O5S/c1-2-3-11-10(14)9-8-17-6-4-12(9)18(15,16)7-5-13/h9,13H,2-8H2,1H3,(H,11,14). The first-order chi connectivity index (χ1) is 8.53. The highest BCUT2D eigenvalue weighted by Gasteiger charge is 2.36. The molecule has 106 valence electrons. The third-order valence-corrected chi connectivity index (χ3v) is 4.49. The number of carbonyl (C=O) groups excluding carboxylic acids is 1. The molecule has 1 amide bonds. The van der Waals surface area contributed by atoms with Gasteiger partial charge in [0, 0.05) is 13.1 Å². The maximum atomic E-state index is 11.9. The van der Waals surface area contributed by atoms with Crippen molar-refractivity contribution in [3.8, 4) is 0 Å². The number of carbonyl (C=O) groups is 1. The molecule has 0 aromatic heterocycles. The summed E-state index contributed by atoms with van der Waals surface area (Å²) in [6.07, 6.45) is 0.780. The number of hydrogen-bond acceptors (Lipinski definition) is 5. The zero-order chi connectivity index (χ0) is 13.6. The van der Waals surface area contributed by atoms with Gasteiger partial charge in [0.2, 0.25) is 15.9 Å². The maximum absolute atomic E-state index is 11.9. The monoisotopic (exact) mass is 280 g/mol. The summed E-state index contributed by atoms with van der Waals surface area (Å²) in [6.45, 7) is 2.43. The predicted octanol–water partition coefficient (Wildman–Crippen LogP) is -1.46. The van der Waals surface area contributed by atoms with E-state index in [-0.39, 0.29) is 31.4 Å². The Morgan fingerprint density at radius 3 is 2.89 bits per heavy atom. The van der Waals surface area contributed by atoms with E-state index in [4.69, 9.17) is 9.84 Å². The number of nitrogens with zero attached hydrogens (tertiary/aromatic N) is 1. The van der Waals surface area contributed by atoms with Crippen LogP contribution >= 0.6 is 0 Å². The van der Waals surface area contributed by atoms with E-state index in [2.05, 4.69) is 5.32 Å². The lowest BCUT2D eigenvalue weighted by Gasteiger charge is -2.33. The van der Waals surface area contributed by atoms with Gasteiger partial charge >= 0.3 is 0 Å². The average Bonchev–Trinajstić information content (AvgIpc) is 2.36. The number of aliphatic hydroxyl groups is 1. The molecule has 0 aromatic rings. The van der Waals surface area contributed by atoms with Crippen molar-refractivity contribution in [2.24, 2.45) is 0 Å². The average molecular weight is 280 g/mol. The highest BCUT2D eigenvalue weighted by atomic mass is 32.2. The van der Waals surface area contributed by atoms with Crippen LogP contribution in [0.3, 0.4) is 0 Å². The fourth-order valence-electron chi connectivity index (χ4n) is 1.73. The van der Waals surface area contributed by atoms with Gasteiger partial charge in [-0.05, 0) is 6.42 Å². The number of rotatable bonds is 6. The summed E-state index contributed by atoms with van der Waals surface area (Å²) >= 11 is 0. The van der Waals surface area contributed by atoms with Gasteiger partial charge < -0.3 is 15.2 Å². The molecule has 0 spiro atoms. The molecule has 1 aliphatic rings. The van der Waals surface area contributed by atoms with Crippen LogP contribution in [0.1, 0.15) is 13.3 Å². The van der Waals surface area contributed by atoms with Crippen LogP contribution in [0.15, 0.2) is 0 Å². The molecule has 7 nitrogen and oxygen atoms in total. The molecule has 0 aromatic carbocycles. The minimum absolute atomic E-state index is 0.0558. The summed E-state index contributed by atoms with van der Waals surface area (Å²) < 4.78 is 30.1.